The summed E-state index contributed by atoms with van der Waals surface area (Å²) in [4.78, 5) is 6.06. The van der Waals surface area contributed by atoms with E-state index in [-0.39, 0.29) is 0 Å². The zero-order valence-corrected chi connectivity index (χ0v) is 10.5. The van der Waals surface area contributed by atoms with Crippen LogP contribution < -0.4 is 0 Å². The molecule has 1 saturated heterocycles. The molecule has 3 heteroatoms. The lowest BCUT2D eigenvalue weighted by Crippen LogP contribution is -2.51. The van der Waals surface area contributed by atoms with Gasteiger partial charge in [-0.05, 0) is 6.92 Å². The van der Waals surface area contributed by atoms with Crippen LogP contribution in [-0.2, 0) is 9.57 Å². The second-order valence-corrected chi connectivity index (χ2v) is 4.40. The van der Waals surface area contributed by atoms with E-state index in [1.54, 1.807) is 7.11 Å². The first-order valence-corrected chi connectivity index (χ1v) is 6.29. The Bertz CT molecular complexity index is 175. The van der Waals surface area contributed by atoms with Gasteiger partial charge in [-0.25, -0.2) is 4.84 Å². The molecule has 3 nitrogen and oxygen atoms in total. The van der Waals surface area contributed by atoms with E-state index in [0.717, 1.165) is 23.8 Å². The minimum absolute atomic E-state index is 0.707. The number of nitrogens with zero attached hydrogens (tertiary/aromatic N) is 1. The van der Waals surface area contributed by atoms with Gasteiger partial charge in [-0.1, -0.05) is 13.3 Å². The summed E-state index contributed by atoms with van der Waals surface area (Å²) in [6.07, 6.45) is 5.19. The van der Waals surface area contributed by atoms with Crippen molar-refractivity contribution >= 4 is 0 Å². The lowest BCUT2D eigenvalue weighted by molar-refractivity contribution is -1.11. The Morgan fingerprint density at radius 2 is 2.07 bits per heavy atom. The Kier molecular flexibility index (Phi) is 5.58. The van der Waals surface area contributed by atoms with E-state index in [0.29, 0.717) is 6.61 Å². The van der Waals surface area contributed by atoms with Crippen molar-refractivity contribution in [2.24, 2.45) is 0 Å². The first-order chi connectivity index (χ1) is 7.29. The van der Waals surface area contributed by atoms with Gasteiger partial charge in [0.05, 0.1) is 6.61 Å². The van der Waals surface area contributed by atoms with Crippen molar-refractivity contribution in [3.8, 4) is 0 Å². The van der Waals surface area contributed by atoms with Crippen LogP contribution in [0.25, 0.3) is 0 Å². The van der Waals surface area contributed by atoms with Crippen molar-refractivity contribution in [3.05, 3.63) is 0 Å². The summed E-state index contributed by atoms with van der Waals surface area (Å²) < 4.78 is 5.92. The Morgan fingerprint density at radius 3 is 2.67 bits per heavy atom. The fraction of sp³-hybridized carbons (Fsp3) is 1.00. The normalized spacial score (nSPS) is 31.0. The summed E-state index contributed by atoms with van der Waals surface area (Å²) in [5.74, 6) is 0. The highest BCUT2D eigenvalue weighted by Gasteiger charge is 2.41. The molecule has 0 aliphatic carbocycles. The van der Waals surface area contributed by atoms with Gasteiger partial charge in [0, 0.05) is 26.4 Å². The maximum Gasteiger partial charge on any atom is 0.129 e. The van der Waals surface area contributed by atoms with Crippen LogP contribution in [-0.4, -0.2) is 44.1 Å². The molecule has 0 amide bonds. The van der Waals surface area contributed by atoms with E-state index in [4.69, 9.17) is 9.57 Å². The molecule has 0 aromatic carbocycles. The minimum atomic E-state index is 0.707. The smallest absolute Gasteiger partial charge is 0.129 e. The van der Waals surface area contributed by atoms with Crippen molar-refractivity contribution in [3.63, 3.8) is 0 Å². The molecular weight excluding hydrogens is 190 g/mol. The molecule has 0 N–H and O–H groups in total. The Balaban J connectivity index is 2.48. The second kappa shape index (κ2) is 6.46. The van der Waals surface area contributed by atoms with Gasteiger partial charge in [-0.15, -0.1) is 0 Å². The van der Waals surface area contributed by atoms with Gasteiger partial charge >= 0.3 is 0 Å². The van der Waals surface area contributed by atoms with E-state index >= 15 is 0 Å². The number of rotatable bonds is 7. The molecule has 0 aromatic rings. The quantitative estimate of drug-likeness (QED) is 0.480. The molecule has 1 heterocycles. The zero-order chi connectivity index (χ0) is 11.1. The van der Waals surface area contributed by atoms with E-state index in [2.05, 4.69) is 13.8 Å². The van der Waals surface area contributed by atoms with Gasteiger partial charge in [-0.2, -0.15) is 4.65 Å². The zero-order valence-electron chi connectivity index (χ0n) is 10.5. The number of ether oxygens (including phenoxy) is 1. The number of hydroxylamine groups is 3. The summed E-state index contributed by atoms with van der Waals surface area (Å²) in [6.45, 7) is 8.21. The first kappa shape index (κ1) is 12.9. The molecule has 15 heavy (non-hydrogen) atoms. The SMILES string of the molecule is CCCC1CCC[N+]1(CC)OCCOC. The maximum atomic E-state index is 6.06. The predicted molar refractivity (Wildman–Crippen MR) is 61.4 cm³/mol. The highest BCUT2D eigenvalue weighted by atomic mass is 16.7. The average Bonchev–Trinajstić information content (AvgIpc) is 2.63. The van der Waals surface area contributed by atoms with Crippen LogP contribution in [0.2, 0.25) is 0 Å². The van der Waals surface area contributed by atoms with Crippen LogP contribution in [0.5, 0.6) is 0 Å². The molecule has 1 aliphatic heterocycles. The topological polar surface area (TPSA) is 18.5 Å². The lowest BCUT2D eigenvalue weighted by Gasteiger charge is -2.36. The lowest BCUT2D eigenvalue weighted by atomic mass is 10.1. The number of methoxy groups -OCH3 is 1. The Labute approximate surface area is 93.9 Å². The van der Waals surface area contributed by atoms with E-state index < -0.39 is 0 Å². The van der Waals surface area contributed by atoms with E-state index in [1.807, 2.05) is 0 Å². The molecule has 1 fully saturated rings. The van der Waals surface area contributed by atoms with Crippen LogP contribution in [0.1, 0.15) is 39.5 Å². The third-order valence-electron chi connectivity index (χ3n) is 3.53. The van der Waals surface area contributed by atoms with Gasteiger partial charge in [0.1, 0.15) is 25.7 Å². The summed E-state index contributed by atoms with van der Waals surface area (Å²) >= 11 is 0. The van der Waals surface area contributed by atoms with E-state index in [1.165, 1.54) is 32.2 Å². The molecule has 0 spiro atoms. The molecule has 1 aliphatic rings. The van der Waals surface area contributed by atoms with Crippen LogP contribution >= 0.6 is 0 Å². The standard InChI is InChI=1S/C12H26NO2/c1-4-7-12-8-6-9-13(12,5-2)15-11-10-14-3/h12H,4-11H2,1-3H3/q+1. The molecule has 0 saturated carbocycles. The summed E-state index contributed by atoms with van der Waals surface area (Å²) in [6, 6.07) is 0.719. The molecular formula is C12H26NO2+. The molecule has 2 atom stereocenters. The van der Waals surface area contributed by atoms with Crippen molar-refractivity contribution in [2.75, 3.05) is 33.4 Å². The largest absolute Gasteiger partial charge is 0.382 e. The molecule has 2 unspecified atom stereocenters. The van der Waals surface area contributed by atoms with Crippen LogP contribution in [0, 0.1) is 0 Å². The molecule has 0 aromatic heterocycles. The summed E-state index contributed by atoms with van der Waals surface area (Å²) in [5, 5.41) is 0. The van der Waals surface area contributed by atoms with Crippen LogP contribution in [0.4, 0.5) is 0 Å². The number of quaternary nitrogens is 1. The Hall–Kier alpha value is -0.120. The van der Waals surface area contributed by atoms with Gasteiger partial charge < -0.3 is 4.74 Å². The fourth-order valence-corrected chi connectivity index (χ4v) is 2.71. The molecule has 90 valence electrons. The molecule has 0 bridgehead atoms. The molecule has 1 rings (SSSR count). The minimum Gasteiger partial charge on any atom is -0.382 e. The fourth-order valence-electron chi connectivity index (χ4n) is 2.71. The van der Waals surface area contributed by atoms with Crippen LogP contribution in [0.15, 0.2) is 0 Å². The number of hydrogen-bond donors (Lipinski definition) is 0. The predicted octanol–water partition coefficient (Wildman–Crippen LogP) is 2.36. The third-order valence-corrected chi connectivity index (χ3v) is 3.53. The van der Waals surface area contributed by atoms with E-state index in [9.17, 15) is 0 Å². The van der Waals surface area contributed by atoms with Gasteiger partial charge in [0.15, 0.2) is 0 Å². The monoisotopic (exact) mass is 216 g/mol. The van der Waals surface area contributed by atoms with Crippen molar-refractivity contribution in [1.82, 2.24) is 0 Å². The number of hydrogen-bond acceptors (Lipinski definition) is 2. The van der Waals surface area contributed by atoms with Gasteiger partial charge in [-0.3, -0.25) is 0 Å². The van der Waals surface area contributed by atoms with Gasteiger partial charge in [0.25, 0.3) is 0 Å². The van der Waals surface area contributed by atoms with Crippen molar-refractivity contribution in [2.45, 2.75) is 45.6 Å². The van der Waals surface area contributed by atoms with Gasteiger partial charge in [0.2, 0.25) is 0 Å². The average molecular weight is 216 g/mol. The van der Waals surface area contributed by atoms with Crippen molar-refractivity contribution < 1.29 is 14.2 Å². The second-order valence-electron chi connectivity index (χ2n) is 4.40. The maximum absolute atomic E-state index is 6.06. The summed E-state index contributed by atoms with van der Waals surface area (Å²) in [5.41, 5.74) is 0. The van der Waals surface area contributed by atoms with Crippen molar-refractivity contribution in [1.29, 1.82) is 0 Å². The summed E-state index contributed by atoms with van der Waals surface area (Å²) in [7, 11) is 1.73. The highest BCUT2D eigenvalue weighted by Crippen LogP contribution is 2.30. The third kappa shape index (κ3) is 3.16. The highest BCUT2D eigenvalue weighted by molar-refractivity contribution is 4.64. The first-order valence-electron chi connectivity index (χ1n) is 6.29. The molecule has 0 radical (unpaired) electrons. The number of likely N-dealkylation sites (tertiary alicyclic amines) is 1. The van der Waals surface area contributed by atoms with Crippen LogP contribution in [0.3, 0.4) is 0 Å². The Morgan fingerprint density at radius 1 is 1.27 bits per heavy atom.